The monoisotopic (exact) mass is 428 g/mol. The van der Waals surface area contributed by atoms with Gasteiger partial charge in [0.15, 0.2) is 0 Å². The van der Waals surface area contributed by atoms with E-state index in [1.807, 2.05) is 20.8 Å². The van der Waals surface area contributed by atoms with Gasteiger partial charge in [0.25, 0.3) is 0 Å². The number of ether oxygens (including phenoxy) is 1. The zero-order valence-corrected chi connectivity index (χ0v) is 17.1. The molecule has 0 saturated carbocycles. The SMILES string of the molecule is CC(C)(C)OC(=O)N1CCN(CC2CC=C(OS(=O)(=O)C(F)(F)F)CC2)CC1. The van der Waals surface area contributed by atoms with Crippen molar-refractivity contribution in [3.8, 4) is 0 Å². The molecule has 1 aliphatic heterocycles. The maximum atomic E-state index is 12.4. The van der Waals surface area contributed by atoms with Crippen molar-refractivity contribution in [3.05, 3.63) is 11.8 Å². The van der Waals surface area contributed by atoms with E-state index in [-0.39, 0.29) is 24.2 Å². The molecule has 1 atom stereocenters. The van der Waals surface area contributed by atoms with Gasteiger partial charge in [-0.05, 0) is 45.6 Å². The van der Waals surface area contributed by atoms with E-state index >= 15 is 0 Å². The van der Waals surface area contributed by atoms with Crippen LogP contribution in [-0.2, 0) is 19.0 Å². The molecule has 1 fully saturated rings. The lowest BCUT2D eigenvalue weighted by molar-refractivity contribution is -0.0524. The van der Waals surface area contributed by atoms with Crippen LogP contribution in [0.15, 0.2) is 11.8 Å². The molecule has 0 bridgehead atoms. The van der Waals surface area contributed by atoms with E-state index in [0.717, 1.165) is 6.54 Å². The lowest BCUT2D eigenvalue weighted by Crippen LogP contribution is -2.51. The van der Waals surface area contributed by atoms with Crippen LogP contribution in [0, 0.1) is 5.92 Å². The summed E-state index contributed by atoms with van der Waals surface area (Å²) in [5.41, 5.74) is -5.96. The van der Waals surface area contributed by atoms with E-state index in [4.69, 9.17) is 4.74 Å². The summed E-state index contributed by atoms with van der Waals surface area (Å²) < 4.78 is 68.8. The second-order valence-corrected chi connectivity index (χ2v) is 9.60. The summed E-state index contributed by atoms with van der Waals surface area (Å²) in [5.74, 6) is 0.0531. The molecule has 0 spiro atoms. The third-order valence-corrected chi connectivity index (χ3v) is 5.52. The number of alkyl halides is 3. The largest absolute Gasteiger partial charge is 0.534 e. The predicted octanol–water partition coefficient (Wildman–Crippen LogP) is 3.09. The molecule has 1 aliphatic carbocycles. The summed E-state index contributed by atoms with van der Waals surface area (Å²) in [6, 6.07) is 0. The summed E-state index contributed by atoms with van der Waals surface area (Å²) in [6.45, 7) is 8.65. The number of hydrogen-bond acceptors (Lipinski definition) is 6. The van der Waals surface area contributed by atoms with Gasteiger partial charge in [0, 0.05) is 39.1 Å². The number of rotatable bonds is 4. The van der Waals surface area contributed by atoms with E-state index in [0.29, 0.717) is 39.0 Å². The van der Waals surface area contributed by atoms with Gasteiger partial charge in [-0.1, -0.05) is 0 Å². The first kappa shape index (κ1) is 22.8. The highest BCUT2D eigenvalue weighted by molar-refractivity contribution is 7.87. The summed E-state index contributed by atoms with van der Waals surface area (Å²) in [4.78, 5) is 15.9. The normalized spacial score (nSPS) is 22.6. The fourth-order valence-electron chi connectivity index (χ4n) is 3.10. The van der Waals surface area contributed by atoms with Gasteiger partial charge < -0.3 is 13.8 Å². The van der Waals surface area contributed by atoms with Crippen molar-refractivity contribution in [1.82, 2.24) is 9.80 Å². The Hall–Kier alpha value is -1.49. The fraction of sp³-hybridized carbons (Fsp3) is 0.824. The van der Waals surface area contributed by atoms with Gasteiger partial charge in [0.1, 0.15) is 11.4 Å². The van der Waals surface area contributed by atoms with Gasteiger partial charge in [0.05, 0.1) is 0 Å². The Balaban J connectivity index is 1.77. The van der Waals surface area contributed by atoms with Crippen molar-refractivity contribution in [2.75, 3.05) is 32.7 Å². The van der Waals surface area contributed by atoms with Crippen LogP contribution in [0.1, 0.15) is 40.0 Å². The first-order valence-corrected chi connectivity index (χ1v) is 10.6. The Labute approximate surface area is 163 Å². The van der Waals surface area contributed by atoms with Crippen LogP contribution in [0.25, 0.3) is 0 Å². The van der Waals surface area contributed by atoms with Crippen LogP contribution >= 0.6 is 0 Å². The van der Waals surface area contributed by atoms with E-state index in [2.05, 4.69) is 9.08 Å². The molecule has 1 saturated heterocycles. The molecule has 0 N–H and O–H groups in total. The van der Waals surface area contributed by atoms with E-state index in [1.54, 1.807) is 4.90 Å². The molecule has 162 valence electrons. The predicted molar refractivity (Wildman–Crippen MR) is 95.7 cm³/mol. The highest BCUT2D eigenvalue weighted by Gasteiger charge is 2.49. The molecule has 28 heavy (non-hydrogen) atoms. The van der Waals surface area contributed by atoms with Gasteiger partial charge in [-0.25, -0.2) is 4.79 Å². The molecule has 0 aromatic rings. The average Bonchev–Trinajstić information content (AvgIpc) is 2.54. The number of hydrogen-bond donors (Lipinski definition) is 0. The number of nitrogens with zero attached hydrogens (tertiary/aromatic N) is 2. The fourth-order valence-corrected chi connectivity index (χ4v) is 3.63. The lowest BCUT2D eigenvalue weighted by atomic mass is 9.92. The Morgan fingerprint density at radius 2 is 1.79 bits per heavy atom. The third kappa shape index (κ3) is 6.54. The van der Waals surface area contributed by atoms with E-state index < -0.39 is 21.2 Å². The second kappa shape index (κ2) is 8.48. The summed E-state index contributed by atoms with van der Waals surface area (Å²) in [7, 11) is -5.60. The average molecular weight is 428 g/mol. The van der Waals surface area contributed by atoms with Crippen molar-refractivity contribution in [1.29, 1.82) is 0 Å². The standard InChI is InChI=1S/C17H27F3N2O5S/c1-16(2,3)26-15(23)22-10-8-21(9-11-22)12-13-4-6-14(7-5-13)27-28(24,25)17(18,19)20/h6,13H,4-5,7-12H2,1-3H3. The van der Waals surface area contributed by atoms with Crippen LogP contribution in [0.4, 0.5) is 18.0 Å². The van der Waals surface area contributed by atoms with Crippen LogP contribution in [0.2, 0.25) is 0 Å². The van der Waals surface area contributed by atoms with Crippen molar-refractivity contribution < 1.29 is 35.3 Å². The summed E-state index contributed by atoms with van der Waals surface area (Å²) in [5, 5.41) is 0. The third-order valence-electron chi connectivity index (χ3n) is 4.52. The minimum atomic E-state index is -5.60. The molecule has 0 aromatic carbocycles. The van der Waals surface area contributed by atoms with Gasteiger partial charge in [-0.15, -0.1) is 0 Å². The van der Waals surface area contributed by atoms with E-state index in [1.165, 1.54) is 6.08 Å². The quantitative estimate of drug-likeness (QED) is 0.506. The summed E-state index contributed by atoms with van der Waals surface area (Å²) in [6.07, 6.45) is 2.24. The molecular weight excluding hydrogens is 401 g/mol. The molecule has 1 heterocycles. The first-order chi connectivity index (χ1) is 12.8. The van der Waals surface area contributed by atoms with E-state index in [9.17, 15) is 26.4 Å². The Bertz CT molecular complexity index is 693. The van der Waals surface area contributed by atoms with Gasteiger partial charge >= 0.3 is 21.7 Å². The second-order valence-electron chi connectivity index (χ2n) is 8.06. The minimum absolute atomic E-state index is 0.150. The summed E-state index contributed by atoms with van der Waals surface area (Å²) >= 11 is 0. The number of halogens is 3. The van der Waals surface area contributed by atoms with Crippen LogP contribution in [0.3, 0.4) is 0 Å². The molecule has 1 unspecified atom stereocenters. The topological polar surface area (TPSA) is 76.2 Å². The van der Waals surface area contributed by atoms with Crippen molar-refractivity contribution in [2.24, 2.45) is 5.92 Å². The zero-order valence-electron chi connectivity index (χ0n) is 16.3. The number of allylic oxidation sites excluding steroid dienone is 2. The molecule has 0 aromatic heterocycles. The molecule has 11 heteroatoms. The highest BCUT2D eigenvalue weighted by atomic mass is 32.2. The molecular formula is C17H27F3N2O5S. The number of amides is 1. The minimum Gasteiger partial charge on any atom is -0.444 e. The van der Waals surface area contributed by atoms with Crippen LogP contribution < -0.4 is 0 Å². The molecule has 1 amide bonds. The zero-order chi connectivity index (χ0) is 21.2. The number of carbonyl (C=O) groups excluding carboxylic acids is 1. The van der Waals surface area contributed by atoms with Crippen molar-refractivity contribution in [2.45, 2.75) is 51.1 Å². The van der Waals surface area contributed by atoms with Gasteiger partial charge in [-0.2, -0.15) is 21.6 Å². The molecule has 2 aliphatic rings. The lowest BCUT2D eigenvalue weighted by Gasteiger charge is -2.37. The maximum Gasteiger partial charge on any atom is 0.534 e. The van der Waals surface area contributed by atoms with Gasteiger partial charge in [-0.3, -0.25) is 4.90 Å². The molecule has 0 radical (unpaired) electrons. The van der Waals surface area contributed by atoms with Crippen molar-refractivity contribution >= 4 is 16.2 Å². The smallest absolute Gasteiger partial charge is 0.444 e. The number of carbonyl (C=O) groups is 1. The maximum absolute atomic E-state index is 12.4. The Morgan fingerprint density at radius 3 is 2.25 bits per heavy atom. The van der Waals surface area contributed by atoms with Gasteiger partial charge in [0.2, 0.25) is 0 Å². The first-order valence-electron chi connectivity index (χ1n) is 9.17. The number of piperazine rings is 1. The van der Waals surface area contributed by atoms with Crippen LogP contribution in [-0.4, -0.2) is 68.1 Å². The Morgan fingerprint density at radius 1 is 1.18 bits per heavy atom. The Kier molecular flexibility index (Phi) is 6.90. The molecule has 7 nitrogen and oxygen atoms in total. The highest BCUT2D eigenvalue weighted by Crippen LogP contribution is 2.31. The van der Waals surface area contributed by atoms with Crippen molar-refractivity contribution in [3.63, 3.8) is 0 Å². The molecule has 2 rings (SSSR count). The van der Waals surface area contributed by atoms with Crippen LogP contribution in [0.5, 0.6) is 0 Å².